The van der Waals surface area contributed by atoms with Crippen LogP contribution in [0.15, 0.2) is 36.4 Å². The lowest BCUT2D eigenvalue weighted by molar-refractivity contribution is -0.141. The summed E-state index contributed by atoms with van der Waals surface area (Å²) in [5.41, 5.74) is 12.9. The summed E-state index contributed by atoms with van der Waals surface area (Å²) in [6.07, 6.45) is 4.51. The van der Waals surface area contributed by atoms with Crippen LogP contribution in [0.1, 0.15) is 85.9 Å². The fourth-order valence-electron chi connectivity index (χ4n) is 5.92. The minimum absolute atomic E-state index is 0.197. The van der Waals surface area contributed by atoms with Gasteiger partial charge in [-0.1, -0.05) is 0 Å². The minimum atomic E-state index is -0.414. The number of hydrogen-bond acceptors (Lipinski definition) is 8. The Bertz CT molecular complexity index is 2020. The molecular formula is C37H40N4O6. The maximum atomic E-state index is 12.2. The summed E-state index contributed by atoms with van der Waals surface area (Å²) in [4.78, 5) is 53.7. The Kier molecular flexibility index (Phi) is 9.89. The Labute approximate surface area is 273 Å². The Balaban J connectivity index is 1.83. The van der Waals surface area contributed by atoms with Crippen LogP contribution in [0.5, 0.6) is 0 Å². The zero-order valence-electron chi connectivity index (χ0n) is 27.9. The quantitative estimate of drug-likeness (QED) is 0.142. The summed E-state index contributed by atoms with van der Waals surface area (Å²) in [7, 11) is 2.76. The number of nitrogens with one attached hydrogen (secondary N) is 2. The van der Waals surface area contributed by atoms with E-state index < -0.39 is 5.97 Å². The number of allylic oxidation sites excluding steroid dienone is 4. The van der Waals surface area contributed by atoms with Crippen LogP contribution in [-0.2, 0) is 28.6 Å². The molecule has 0 unspecified atom stereocenters. The first kappa shape index (κ1) is 33.1. The predicted molar refractivity (Wildman–Crippen MR) is 184 cm³/mol. The van der Waals surface area contributed by atoms with Crippen molar-refractivity contribution in [2.24, 2.45) is 0 Å². The Morgan fingerprint density at radius 3 is 1.89 bits per heavy atom. The van der Waals surface area contributed by atoms with Crippen molar-refractivity contribution in [3.05, 3.63) is 75.9 Å². The molecule has 2 N–H and O–H groups in total. The maximum Gasteiger partial charge on any atom is 0.330 e. The van der Waals surface area contributed by atoms with E-state index in [-0.39, 0.29) is 24.8 Å². The van der Waals surface area contributed by atoms with E-state index in [1.807, 2.05) is 52.0 Å². The number of esters is 3. The van der Waals surface area contributed by atoms with Crippen LogP contribution >= 0.6 is 0 Å². The van der Waals surface area contributed by atoms with Crippen molar-refractivity contribution in [1.82, 2.24) is 19.9 Å². The van der Waals surface area contributed by atoms with E-state index in [9.17, 15) is 14.4 Å². The van der Waals surface area contributed by atoms with Crippen LogP contribution in [0.4, 0.5) is 0 Å². The third-order valence-corrected chi connectivity index (χ3v) is 8.64. The predicted octanol–water partition coefficient (Wildman–Crippen LogP) is 7.28. The van der Waals surface area contributed by atoms with Gasteiger partial charge in [0, 0.05) is 46.5 Å². The van der Waals surface area contributed by atoms with E-state index in [0.29, 0.717) is 30.8 Å². The van der Waals surface area contributed by atoms with Gasteiger partial charge in [0.25, 0.3) is 0 Å². The van der Waals surface area contributed by atoms with Gasteiger partial charge in [-0.25, -0.2) is 14.8 Å². The van der Waals surface area contributed by atoms with Crippen molar-refractivity contribution in [2.45, 2.75) is 60.3 Å². The highest BCUT2D eigenvalue weighted by Gasteiger charge is 2.22. The van der Waals surface area contributed by atoms with Gasteiger partial charge in [0.1, 0.15) is 0 Å². The van der Waals surface area contributed by atoms with Crippen LogP contribution < -0.4 is 0 Å². The first-order valence-electron chi connectivity index (χ1n) is 15.6. The molecule has 5 heterocycles. The standard InChI is InChI=1S/C37H40N4O6/c1-8-47-37(44)14-11-27-23(5)30-18-31-22(4)26(10-13-36(43)46-7)34(41-31)19-33-25(9-12-35(42)45-6)21(3)29(39-33)16-24-15-20(2)28(38-24)17-32(27)40-30/h11,14-19,38,40H,8-10,12-13H2,1-7H3/b14-11+,24-16?,28-17?,29-16?,30-18?,31-18?,32-17?,33-19?,34-19?. The highest BCUT2D eigenvalue weighted by molar-refractivity contribution is 5.97. The third-order valence-electron chi connectivity index (χ3n) is 8.64. The summed E-state index contributed by atoms with van der Waals surface area (Å²) in [5, 5.41) is 0. The molecule has 0 atom stereocenters. The van der Waals surface area contributed by atoms with Gasteiger partial charge < -0.3 is 24.2 Å². The van der Waals surface area contributed by atoms with E-state index in [2.05, 4.69) is 16.0 Å². The highest BCUT2D eigenvalue weighted by Crippen LogP contribution is 2.38. The second-order valence-corrected chi connectivity index (χ2v) is 11.6. The lowest BCUT2D eigenvalue weighted by Gasteiger charge is -2.06. The number of aromatic amines is 2. The average molecular weight is 637 g/mol. The summed E-state index contributed by atoms with van der Waals surface area (Å²) in [6.45, 7) is 10.1. The van der Waals surface area contributed by atoms with Crippen molar-refractivity contribution < 1.29 is 28.6 Å². The lowest BCUT2D eigenvalue weighted by atomic mass is 9.98. The first-order chi connectivity index (χ1) is 22.5. The maximum absolute atomic E-state index is 12.2. The van der Waals surface area contributed by atoms with E-state index >= 15 is 0 Å². The number of nitrogens with zero attached hydrogens (tertiary/aromatic N) is 2. The number of ether oxygens (including phenoxy) is 3. The van der Waals surface area contributed by atoms with Crippen LogP contribution in [0.3, 0.4) is 0 Å². The normalized spacial score (nSPS) is 13.0. The molecule has 2 aliphatic heterocycles. The number of H-pyrrole nitrogens is 2. The van der Waals surface area contributed by atoms with Crippen LogP contribution in [0.25, 0.3) is 50.4 Å². The molecule has 0 aromatic carbocycles. The SMILES string of the molecule is CCOC(=O)/C=C/c1c(C)c2cc3nc(cc4nc(cc5cc(C)c(cc1[nH]2)[nH]5)C(C)=C4CCC(=O)OC)C(CCC(=O)OC)=C3C. The highest BCUT2D eigenvalue weighted by atomic mass is 16.5. The molecule has 2 aliphatic rings. The van der Waals surface area contributed by atoms with Crippen LogP contribution in [0, 0.1) is 13.8 Å². The smallest absolute Gasteiger partial charge is 0.330 e. The number of hydrogen-bond donors (Lipinski definition) is 2. The molecule has 10 nitrogen and oxygen atoms in total. The Hall–Kier alpha value is -5.25. The topological polar surface area (TPSA) is 136 Å². The number of carbonyl (C=O) groups excluding carboxylic acids is 3. The summed E-state index contributed by atoms with van der Waals surface area (Å²) >= 11 is 0. The molecule has 0 fully saturated rings. The first-order valence-corrected chi connectivity index (χ1v) is 15.6. The Morgan fingerprint density at radius 1 is 0.723 bits per heavy atom. The van der Waals surface area contributed by atoms with E-state index in [1.54, 1.807) is 13.0 Å². The summed E-state index contributed by atoms with van der Waals surface area (Å²) < 4.78 is 15.0. The number of methoxy groups -OCH3 is 2. The number of aromatic nitrogens is 4. The van der Waals surface area contributed by atoms with Crippen LogP contribution in [-0.4, -0.2) is 58.7 Å². The molecule has 47 heavy (non-hydrogen) atoms. The monoisotopic (exact) mass is 636 g/mol. The second-order valence-electron chi connectivity index (χ2n) is 11.6. The van der Waals surface area contributed by atoms with Gasteiger partial charge in [-0.3, -0.25) is 9.59 Å². The van der Waals surface area contributed by atoms with Gasteiger partial charge in [0.15, 0.2) is 0 Å². The van der Waals surface area contributed by atoms with E-state index in [4.69, 9.17) is 24.2 Å². The molecule has 3 aromatic rings. The fourth-order valence-corrected chi connectivity index (χ4v) is 5.92. The molecule has 0 aliphatic carbocycles. The van der Waals surface area contributed by atoms with Gasteiger partial charge in [0.2, 0.25) is 0 Å². The molecule has 0 radical (unpaired) electrons. The zero-order chi connectivity index (χ0) is 33.8. The molecule has 0 saturated carbocycles. The van der Waals surface area contributed by atoms with Gasteiger partial charge in [-0.05, 0) is 117 Å². The summed E-state index contributed by atoms with van der Waals surface area (Å²) in [6, 6.07) is 10.0. The molecule has 5 rings (SSSR count). The zero-order valence-corrected chi connectivity index (χ0v) is 27.9. The minimum Gasteiger partial charge on any atom is -0.469 e. The third kappa shape index (κ3) is 7.11. The second kappa shape index (κ2) is 14.0. The van der Waals surface area contributed by atoms with Crippen molar-refractivity contribution in [1.29, 1.82) is 0 Å². The van der Waals surface area contributed by atoms with Crippen molar-refractivity contribution in [3.8, 4) is 0 Å². The number of rotatable bonds is 9. The number of fused-ring (bicyclic) bond motifs is 8. The molecule has 10 heteroatoms. The van der Waals surface area contributed by atoms with E-state index in [1.165, 1.54) is 20.3 Å². The number of aryl methyl sites for hydroxylation is 2. The average Bonchev–Trinajstić information content (AvgIpc) is 3.72. The van der Waals surface area contributed by atoms with Crippen LogP contribution in [0.2, 0.25) is 0 Å². The van der Waals surface area contributed by atoms with E-state index in [0.717, 1.165) is 72.4 Å². The molecule has 244 valence electrons. The van der Waals surface area contributed by atoms with Crippen molar-refractivity contribution in [3.63, 3.8) is 0 Å². The molecular weight excluding hydrogens is 596 g/mol. The fraction of sp³-hybridized carbons (Fsp3) is 0.324. The Morgan fingerprint density at radius 2 is 1.32 bits per heavy atom. The van der Waals surface area contributed by atoms with Gasteiger partial charge >= 0.3 is 17.9 Å². The van der Waals surface area contributed by atoms with Crippen molar-refractivity contribution >= 4 is 68.3 Å². The molecule has 0 amide bonds. The molecule has 0 spiro atoms. The summed E-state index contributed by atoms with van der Waals surface area (Å²) in [5.74, 6) is -1.02. The molecule has 0 saturated heterocycles. The van der Waals surface area contributed by atoms with Crippen molar-refractivity contribution in [2.75, 3.05) is 20.8 Å². The largest absolute Gasteiger partial charge is 0.469 e. The molecule has 3 aromatic heterocycles. The molecule has 8 bridgehead atoms. The van der Waals surface area contributed by atoms with Gasteiger partial charge in [-0.15, -0.1) is 0 Å². The van der Waals surface area contributed by atoms with Gasteiger partial charge in [-0.2, -0.15) is 0 Å². The van der Waals surface area contributed by atoms with Gasteiger partial charge in [0.05, 0.1) is 43.6 Å². The number of carbonyl (C=O) groups is 3. The lowest BCUT2D eigenvalue weighted by Crippen LogP contribution is -2.01.